The van der Waals surface area contributed by atoms with Crippen LogP contribution in [0.3, 0.4) is 0 Å². The molecule has 0 radical (unpaired) electrons. The molecule has 1 saturated heterocycles. The number of aromatic amines is 1. The zero-order valence-electron chi connectivity index (χ0n) is 14.6. The first-order valence-corrected chi connectivity index (χ1v) is 8.80. The van der Waals surface area contributed by atoms with Gasteiger partial charge in [-0.25, -0.2) is 4.79 Å². The van der Waals surface area contributed by atoms with E-state index < -0.39 is 0 Å². The van der Waals surface area contributed by atoms with Gasteiger partial charge in [-0.3, -0.25) is 24.6 Å². The molecule has 1 amide bonds. The first kappa shape index (κ1) is 16.7. The summed E-state index contributed by atoms with van der Waals surface area (Å²) in [4.78, 5) is 39.4. The third-order valence-electron chi connectivity index (χ3n) is 4.98. The van der Waals surface area contributed by atoms with Crippen LogP contribution < -0.4 is 10.3 Å². The molecule has 4 heterocycles. The molecular weight excluding hydrogens is 334 g/mol. The summed E-state index contributed by atoms with van der Waals surface area (Å²) < 4.78 is 5.45. The molecule has 2 aromatic heterocycles. The largest absolute Gasteiger partial charge is 0.415 e. The number of rotatable bonds is 3. The van der Waals surface area contributed by atoms with E-state index >= 15 is 0 Å². The van der Waals surface area contributed by atoms with Crippen molar-refractivity contribution in [3.8, 4) is 5.75 Å². The van der Waals surface area contributed by atoms with E-state index in [0.717, 1.165) is 37.3 Å². The van der Waals surface area contributed by atoms with E-state index in [1.165, 1.54) is 6.20 Å². The Morgan fingerprint density at radius 1 is 1.27 bits per heavy atom. The van der Waals surface area contributed by atoms with Crippen LogP contribution in [0.1, 0.15) is 29.9 Å². The van der Waals surface area contributed by atoms with Gasteiger partial charge in [0, 0.05) is 43.8 Å². The fourth-order valence-electron chi connectivity index (χ4n) is 3.56. The van der Waals surface area contributed by atoms with Gasteiger partial charge in [0.05, 0.1) is 6.54 Å². The first-order chi connectivity index (χ1) is 12.6. The lowest BCUT2D eigenvalue weighted by Gasteiger charge is -2.39. The summed E-state index contributed by atoms with van der Waals surface area (Å²) in [7, 11) is 0. The molecule has 2 aliphatic rings. The van der Waals surface area contributed by atoms with E-state index in [1.807, 2.05) is 13.0 Å². The predicted molar refractivity (Wildman–Crippen MR) is 93.7 cm³/mol. The number of amides is 1. The first-order valence-electron chi connectivity index (χ1n) is 8.80. The van der Waals surface area contributed by atoms with Gasteiger partial charge in [-0.1, -0.05) is 0 Å². The van der Waals surface area contributed by atoms with Crippen molar-refractivity contribution in [1.82, 2.24) is 24.8 Å². The molecular formula is C18H21N5O3. The number of nitrogens with zero attached hydrogens (tertiary/aromatic N) is 4. The second-order valence-electron chi connectivity index (χ2n) is 6.77. The van der Waals surface area contributed by atoms with E-state index in [-0.39, 0.29) is 17.7 Å². The zero-order chi connectivity index (χ0) is 18.1. The van der Waals surface area contributed by atoms with Crippen molar-refractivity contribution in [3.05, 3.63) is 52.0 Å². The highest BCUT2D eigenvalue weighted by molar-refractivity contribution is 5.73. The zero-order valence-corrected chi connectivity index (χ0v) is 14.6. The Morgan fingerprint density at radius 3 is 2.85 bits per heavy atom. The Hall–Kier alpha value is -2.74. The highest BCUT2D eigenvalue weighted by atomic mass is 16.6. The van der Waals surface area contributed by atoms with E-state index in [2.05, 4.69) is 19.9 Å². The van der Waals surface area contributed by atoms with E-state index in [1.54, 1.807) is 17.2 Å². The maximum Gasteiger partial charge on any atom is 0.415 e. The topological polar surface area (TPSA) is 91.4 Å². The molecule has 1 N–H and O–H groups in total. The molecule has 1 fully saturated rings. The van der Waals surface area contributed by atoms with Crippen LogP contribution in [0, 0.1) is 6.92 Å². The smallest absolute Gasteiger partial charge is 0.408 e. The Labute approximate surface area is 150 Å². The summed E-state index contributed by atoms with van der Waals surface area (Å²) in [6.45, 7) is 4.55. The van der Waals surface area contributed by atoms with Gasteiger partial charge in [0.1, 0.15) is 11.4 Å². The molecule has 8 nitrogen and oxygen atoms in total. The van der Waals surface area contributed by atoms with Gasteiger partial charge >= 0.3 is 6.09 Å². The van der Waals surface area contributed by atoms with Crippen molar-refractivity contribution in [2.75, 3.05) is 13.1 Å². The lowest BCUT2D eigenvalue weighted by Crippen LogP contribution is -2.49. The van der Waals surface area contributed by atoms with Crippen LogP contribution >= 0.6 is 0 Å². The number of ether oxygens (including phenoxy) is 1. The normalized spacial score (nSPS) is 18.5. The van der Waals surface area contributed by atoms with Crippen LogP contribution in [0.5, 0.6) is 5.75 Å². The second kappa shape index (κ2) is 6.87. The van der Waals surface area contributed by atoms with Gasteiger partial charge < -0.3 is 9.72 Å². The minimum absolute atomic E-state index is 0.122. The summed E-state index contributed by atoms with van der Waals surface area (Å²) in [5.74, 6) is 0.559. The average Bonchev–Trinajstić information content (AvgIpc) is 2.64. The van der Waals surface area contributed by atoms with Crippen LogP contribution in [0.4, 0.5) is 4.79 Å². The Morgan fingerprint density at radius 2 is 2.08 bits per heavy atom. The summed E-state index contributed by atoms with van der Waals surface area (Å²) in [5, 5.41) is 0. The molecule has 0 bridgehead atoms. The number of hydrogen-bond donors (Lipinski definition) is 1. The van der Waals surface area contributed by atoms with Gasteiger partial charge in [0.25, 0.3) is 5.56 Å². The fourth-order valence-corrected chi connectivity index (χ4v) is 3.56. The lowest BCUT2D eigenvalue weighted by atomic mass is 10.0. The quantitative estimate of drug-likeness (QED) is 0.896. The highest BCUT2D eigenvalue weighted by Crippen LogP contribution is 2.28. The highest BCUT2D eigenvalue weighted by Gasteiger charge is 2.33. The Bertz CT molecular complexity index is 873. The third-order valence-corrected chi connectivity index (χ3v) is 4.98. The number of carbonyl (C=O) groups is 1. The number of nitrogens with one attached hydrogen (secondary N) is 1. The van der Waals surface area contributed by atoms with Crippen molar-refractivity contribution in [1.29, 1.82) is 0 Å². The predicted octanol–water partition coefficient (Wildman–Crippen LogP) is 1.45. The molecule has 2 aliphatic heterocycles. The molecule has 8 heteroatoms. The molecule has 136 valence electrons. The molecule has 0 saturated carbocycles. The third kappa shape index (κ3) is 3.32. The van der Waals surface area contributed by atoms with Crippen molar-refractivity contribution in [3.63, 3.8) is 0 Å². The van der Waals surface area contributed by atoms with Crippen LogP contribution in [-0.4, -0.2) is 50.0 Å². The molecule has 0 unspecified atom stereocenters. The minimum atomic E-state index is -0.303. The van der Waals surface area contributed by atoms with Crippen LogP contribution in [0.15, 0.2) is 29.3 Å². The lowest BCUT2D eigenvalue weighted by molar-refractivity contribution is 0.0787. The van der Waals surface area contributed by atoms with E-state index in [4.69, 9.17) is 4.74 Å². The number of carbonyl (C=O) groups excluding carboxylic acids is 1. The molecule has 26 heavy (non-hydrogen) atoms. The molecule has 0 spiro atoms. The number of fused-ring (bicyclic) bond motifs is 1. The summed E-state index contributed by atoms with van der Waals surface area (Å²) in [6.07, 6.45) is 4.50. The number of piperidine rings is 1. The van der Waals surface area contributed by atoms with Crippen molar-refractivity contribution in [2.24, 2.45) is 0 Å². The minimum Gasteiger partial charge on any atom is -0.408 e. The summed E-state index contributed by atoms with van der Waals surface area (Å²) >= 11 is 0. The monoisotopic (exact) mass is 355 g/mol. The van der Waals surface area contributed by atoms with E-state index in [9.17, 15) is 9.59 Å². The average molecular weight is 355 g/mol. The van der Waals surface area contributed by atoms with Gasteiger partial charge in [-0.15, -0.1) is 0 Å². The van der Waals surface area contributed by atoms with Gasteiger partial charge in [-0.2, -0.15) is 0 Å². The van der Waals surface area contributed by atoms with Gasteiger partial charge in [0.2, 0.25) is 0 Å². The molecule has 0 atom stereocenters. The van der Waals surface area contributed by atoms with Crippen LogP contribution in [-0.2, 0) is 13.1 Å². The number of hydrogen-bond acceptors (Lipinski definition) is 6. The second-order valence-corrected chi connectivity index (χ2v) is 6.77. The number of pyridine rings is 1. The molecule has 0 aromatic carbocycles. The van der Waals surface area contributed by atoms with Crippen molar-refractivity contribution in [2.45, 2.75) is 38.9 Å². The van der Waals surface area contributed by atoms with E-state index in [0.29, 0.717) is 24.5 Å². The summed E-state index contributed by atoms with van der Waals surface area (Å²) in [6, 6.07) is 3.77. The Kier molecular flexibility index (Phi) is 4.42. The van der Waals surface area contributed by atoms with Crippen molar-refractivity contribution < 1.29 is 9.53 Å². The number of likely N-dealkylation sites (tertiary alicyclic amines) is 1. The Balaban J connectivity index is 1.39. The molecule has 0 aliphatic carbocycles. The standard InChI is InChI=1S/C18H21N5O3/c1-12-2-3-16-14(21-12)11-23(18(25)26-16)13-4-8-22(9-5-13)10-15-17(24)20-7-6-19-15/h2-3,6-7,13H,4-5,8-11H2,1H3,(H,20,24). The summed E-state index contributed by atoms with van der Waals surface area (Å²) in [5.41, 5.74) is 2.10. The maximum atomic E-state index is 12.4. The van der Waals surface area contributed by atoms with Gasteiger partial charge in [-0.05, 0) is 31.9 Å². The van der Waals surface area contributed by atoms with Crippen LogP contribution in [0.2, 0.25) is 0 Å². The molecule has 4 rings (SSSR count). The maximum absolute atomic E-state index is 12.4. The fraction of sp³-hybridized carbons (Fsp3) is 0.444. The SMILES string of the molecule is Cc1ccc2c(n1)CN(C1CCN(Cc3ncc[nH]c3=O)CC1)C(=O)O2. The van der Waals surface area contributed by atoms with Gasteiger partial charge in [0.15, 0.2) is 5.75 Å². The molecule has 2 aromatic rings. The van der Waals surface area contributed by atoms with Crippen molar-refractivity contribution >= 4 is 6.09 Å². The number of aromatic nitrogens is 3. The number of aryl methyl sites for hydroxylation is 1. The number of H-pyrrole nitrogens is 1. The van der Waals surface area contributed by atoms with Crippen LogP contribution in [0.25, 0.3) is 0 Å².